The van der Waals surface area contributed by atoms with Crippen molar-refractivity contribution < 1.29 is 18.4 Å². The lowest BCUT2D eigenvalue weighted by Gasteiger charge is -2.42. The van der Waals surface area contributed by atoms with E-state index in [-0.39, 0.29) is 5.69 Å². The number of halogens is 2. The molecule has 3 aromatic rings. The molecule has 0 bridgehead atoms. The second-order valence-corrected chi connectivity index (χ2v) is 7.73. The predicted molar refractivity (Wildman–Crippen MR) is 99.9 cm³/mol. The second-order valence-electron chi connectivity index (χ2n) is 7.73. The van der Waals surface area contributed by atoms with E-state index in [0.717, 1.165) is 45.3 Å². The Morgan fingerprint density at radius 2 is 1.86 bits per heavy atom. The first-order valence-corrected chi connectivity index (χ1v) is 9.03. The highest BCUT2D eigenvalue weighted by molar-refractivity contribution is 6.22. The number of imide groups is 1. The summed E-state index contributed by atoms with van der Waals surface area (Å²) in [7, 11) is 0. The summed E-state index contributed by atoms with van der Waals surface area (Å²) in [5.41, 5.74) is 1.60. The average molecular weight is 381 g/mol. The summed E-state index contributed by atoms with van der Waals surface area (Å²) in [6, 6.07) is 9.11. The summed E-state index contributed by atoms with van der Waals surface area (Å²) >= 11 is 0. The third kappa shape index (κ3) is 2.04. The Bertz CT molecular complexity index is 1170. The number of hydrogen-bond acceptors (Lipinski definition) is 2. The molecule has 2 aliphatic rings. The molecular weight excluding hydrogens is 364 g/mol. The largest absolute Gasteiger partial charge is 0.356 e. The molecule has 0 saturated carbocycles. The molecule has 28 heavy (non-hydrogen) atoms. The molecular formula is C21H17F2N3O2. The molecule has 3 amide bonds. The molecule has 1 fully saturated rings. The average Bonchev–Trinajstić information content (AvgIpc) is 3.15. The maximum Gasteiger partial charge on any atom is 0.332 e. The highest BCUT2D eigenvalue weighted by Gasteiger charge is 2.56. The van der Waals surface area contributed by atoms with Crippen LogP contribution in [0.5, 0.6) is 0 Å². The van der Waals surface area contributed by atoms with Crippen LogP contribution in [-0.4, -0.2) is 27.9 Å². The number of para-hydroxylation sites is 1. The van der Waals surface area contributed by atoms with E-state index in [1.54, 1.807) is 0 Å². The Kier molecular flexibility index (Phi) is 3.27. The van der Waals surface area contributed by atoms with Gasteiger partial charge in [0.1, 0.15) is 17.7 Å². The fraction of sp³-hybridized carbons (Fsp3) is 0.238. The Labute approximate surface area is 159 Å². The molecule has 1 N–H and O–H groups in total. The van der Waals surface area contributed by atoms with Crippen LogP contribution in [0.1, 0.15) is 25.1 Å². The summed E-state index contributed by atoms with van der Waals surface area (Å²) in [5.74, 6) is -2.07. The molecule has 2 aliphatic heterocycles. The van der Waals surface area contributed by atoms with Crippen LogP contribution in [0, 0.1) is 11.6 Å². The number of hydrogen-bond donors (Lipinski definition) is 1. The number of carbonyl (C=O) groups is 2. The van der Waals surface area contributed by atoms with Gasteiger partial charge in [0.2, 0.25) is 0 Å². The fourth-order valence-electron chi connectivity index (χ4n) is 4.53. The standard InChI is InChI=1S/C21H17F2N3O2/c1-21(2)18-13(12-5-3-4-6-15(12)24-18)10-17-19(27)25(20(28)26(17)21)16-9-11(22)7-8-14(16)23/h3-9,17,24H,10H2,1-2H3/t17-/m1/s1. The lowest BCUT2D eigenvalue weighted by atomic mass is 9.85. The van der Waals surface area contributed by atoms with Gasteiger partial charge < -0.3 is 9.88 Å². The molecule has 7 heteroatoms. The smallest absolute Gasteiger partial charge is 0.332 e. The van der Waals surface area contributed by atoms with E-state index < -0.39 is 35.2 Å². The zero-order valence-corrected chi connectivity index (χ0v) is 15.3. The van der Waals surface area contributed by atoms with Crippen molar-refractivity contribution in [2.24, 2.45) is 0 Å². The van der Waals surface area contributed by atoms with Gasteiger partial charge in [-0.3, -0.25) is 4.79 Å². The number of anilines is 1. The first-order valence-electron chi connectivity index (χ1n) is 9.03. The van der Waals surface area contributed by atoms with Gasteiger partial charge in [0.15, 0.2) is 0 Å². The topological polar surface area (TPSA) is 56.4 Å². The summed E-state index contributed by atoms with van der Waals surface area (Å²) in [4.78, 5) is 31.9. The van der Waals surface area contributed by atoms with Gasteiger partial charge in [0.25, 0.3) is 5.91 Å². The van der Waals surface area contributed by atoms with Crippen LogP contribution in [0.25, 0.3) is 10.9 Å². The molecule has 1 saturated heterocycles. The molecule has 3 heterocycles. The van der Waals surface area contributed by atoms with E-state index in [0.29, 0.717) is 6.42 Å². The summed E-state index contributed by atoms with van der Waals surface area (Å²) < 4.78 is 28.0. The van der Waals surface area contributed by atoms with Gasteiger partial charge in [0, 0.05) is 29.1 Å². The van der Waals surface area contributed by atoms with E-state index >= 15 is 0 Å². The Morgan fingerprint density at radius 3 is 2.64 bits per heavy atom. The lowest BCUT2D eigenvalue weighted by molar-refractivity contribution is -0.121. The van der Waals surface area contributed by atoms with Crippen molar-refractivity contribution in [1.82, 2.24) is 9.88 Å². The van der Waals surface area contributed by atoms with Gasteiger partial charge in [-0.2, -0.15) is 0 Å². The first-order chi connectivity index (χ1) is 13.3. The summed E-state index contributed by atoms with van der Waals surface area (Å²) in [6.07, 6.45) is 0.320. The Hall–Kier alpha value is -3.22. The van der Waals surface area contributed by atoms with Crippen LogP contribution in [0.2, 0.25) is 0 Å². The minimum atomic E-state index is -0.817. The normalized spacial score (nSPS) is 20.6. The van der Waals surface area contributed by atoms with Crippen molar-refractivity contribution in [2.75, 3.05) is 4.90 Å². The van der Waals surface area contributed by atoms with Crippen molar-refractivity contribution in [3.05, 3.63) is 65.4 Å². The molecule has 0 unspecified atom stereocenters. The SMILES string of the molecule is CC1(C)c2[nH]c3ccccc3c2C[C@@H]2C(=O)N(c3cc(F)ccc3F)C(=O)N21. The number of urea groups is 1. The highest BCUT2D eigenvalue weighted by atomic mass is 19.1. The highest BCUT2D eigenvalue weighted by Crippen LogP contribution is 2.45. The molecule has 1 atom stereocenters. The number of benzene rings is 2. The Balaban J connectivity index is 1.67. The van der Waals surface area contributed by atoms with E-state index in [2.05, 4.69) is 4.98 Å². The van der Waals surface area contributed by atoms with Crippen molar-refractivity contribution in [3.63, 3.8) is 0 Å². The summed E-state index contributed by atoms with van der Waals surface area (Å²) in [5, 5.41) is 1.00. The maximum atomic E-state index is 14.3. The predicted octanol–water partition coefficient (Wildman–Crippen LogP) is 4.07. The third-order valence-corrected chi connectivity index (χ3v) is 5.79. The quantitative estimate of drug-likeness (QED) is 0.646. The molecule has 0 radical (unpaired) electrons. The second kappa shape index (κ2) is 5.41. The molecule has 1 aromatic heterocycles. The molecule has 0 spiro atoms. The minimum absolute atomic E-state index is 0.320. The lowest BCUT2D eigenvalue weighted by Crippen LogP contribution is -2.52. The number of rotatable bonds is 1. The minimum Gasteiger partial charge on any atom is -0.356 e. The van der Waals surface area contributed by atoms with E-state index in [1.165, 1.54) is 4.90 Å². The zero-order chi connectivity index (χ0) is 19.8. The van der Waals surface area contributed by atoms with Crippen LogP contribution in [0.3, 0.4) is 0 Å². The van der Waals surface area contributed by atoms with Gasteiger partial charge in [-0.15, -0.1) is 0 Å². The Morgan fingerprint density at radius 1 is 1.11 bits per heavy atom. The molecule has 2 aromatic carbocycles. The van der Waals surface area contributed by atoms with Crippen LogP contribution in [0.15, 0.2) is 42.5 Å². The van der Waals surface area contributed by atoms with Crippen molar-refractivity contribution in [1.29, 1.82) is 0 Å². The van der Waals surface area contributed by atoms with Gasteiger partial charge in [-0.1, -0.05) is 18.2 Å². The zero-order valence-electron chi connectivity index (χ0n) is 15.3. The number of carbonyl (C=O) groups excluding carboxylic acids is 2. The van der Waals surface area contributed by atoms with Gasteiger partial charge in [-0.25, -0.2) is 18.5 Å². The number of nitrogens with zero attached hydrogens (tertiary/aromatic N) is 2. The molecule has 5 nitrogen and oxygen atoms in total. The molecule has 142 valence electrons. The monoisotopic (exact) mass is 381 g/mol. The molecule has 0 aliphatic carbocycles. The number of aromatic nitrogens is 1. The first kappa shape index (κ1) is 16.9. The third-order valence-electron chi connectivity index (χ3n) is 5.79. The van der Waals surface area contributed by atoms with E-state index in [4.69, 9.17) is 0 Å². The molecule has 5 rings (SSSR count). The van der Waals surface area contributed by atoms with E-state index in [1.807, 2.05) is 38.1 Å². The number of amides is 3. The maximum absolute atomic E-state index is 14.3. The number of H-pyrrole nitrogens is 1. The number of nitrogens with one attached hydrogen (secondary N) is 1. The fourth-order valence-corrected chi connectivity index (χ4v) is 4.53. The van der Waals surface area contributed by atoms with Gasteiger partial charge >= 0.3 is 6.03 Å². The van der Waals surface area contributed by atoms with E-state index in [9.17, 15) is 18.4 Å². The van der Waals surface area contributed by atoms with Gasteiger partial charge in [-0.05, 0) is 37.6 Å². The van der Waals surface area contributed by atoms with Crippen molar-refractivity contribution in [2.45, 2.75) is 31.8 Å². The van der Waals surface area contributed by atoms with Crippen LogP contribution in [0.4, 0.5) is 19.3 Å². The van der Waals surface area contributed by atoms with Crippen LogP contribution >= 0.6 is 0 Å². The van der Waals surface area contributed by atoms with Crippen molar-refractivity contribution in [3.8, 4) is 0 Å². The van der Waals surface area contributed by atoms with Crippen molar-refractivity contribution >= 4 is 28.5 Å². The number of aromatic amines is 1. The summed E-state index contributed by atoms with van der Waals surface area (Å²) in [6.45, 7) is 3.70. The van der Waals surface area contributed by atoms with Crippen LogP contribution < -0.4 is 4.90 Å². The number of fused-ring (bicyclic) bond motifs is 4. The van der Waals surface area contributed by atoms with Crippen LogP contribution in [-0.2, 0) is 16.8 Å². The van der Waals surface area contributed by atoms with Gasteiger partial charge in [0.05, 0.1) is 11.2 Å².